The van der Waals surface area contributed by atoms with Gasteiger partial charge < -0.3 is 14.3 Å². The first-order chi connectivity index (χ1) is 13.7. The van der Waals surface area contributed by atoms with Crippen LogP contribution in [0.1, 0.15) is 46.1 Å². The Bertz CT molecular complexity index is 1140. The van der Waals surface area contributed by atoms with Crippen LogP contribution in [-0.4, -0.2) is 16.0 Å². The zero-order chi connectivity index (χ0) is 19.1. The summed E-state index contributed by atoms with van der Waals surface area (Å²) in [5, 5.41) is 7.80. The van der Waals surface area contributed by atoms with Crippen molar-refractivity contribution in [1.82, 2.24) is 15.5 Å². The van der Waals surface area contributed by atoms with Crippen LogP contribution in [0.5, 0.6) is 0 Å². The van der Waals surface area contributed by atoms with Gasteiger partial charge in [0.05, 0.1) is 23.8 Å². The second kappa shape index (κ2) is 6.64. The Morgan fingerprint density at radius 3 is 2.75 bits per heavy atom. The lowest BCUT2D eigenvalue weighted by Crippen LogP contribution is -2.23. The molecule has 0 unspecified atom stereocenters. The number of fused-ring (bicyclic) bond motifs is 1. The van der Waals surface area contributed by atoms with Gasteiger partial charge >= 0.3 is 0 Å². The van der Waals surface area contributed by atoms with Crippen LogP contribution >= 0.6 is 0 Å². The molecule has 6 nitrogen and oxygen atoms in total. The molecule has 1 N–H and O–H groups in total. The second-order valence-corrected chi connectivity index (χ2v) is 7.21. The first kappa shape index (κ1) is 16.7. The highest BCUT2D eigenvalue weighted by molar-refractivity contribution is 6.09. The first-order valence-electron chi connectivity index (χ1n) is 9.37. The number of carbonyl (C=O) groups excluding carboxylic acids is 1. The zero-order valence-corrected chi connectivity index (χ0v) is 15.4. The van der Waals surface area contributed by atoms with Gasteiger partial charge in [-0.3, -0.25) is 4.79 Å². The smallest absolute Gasteiger partial charge is 0.259 e. The molecule has 0 spiro atoms. The fraction of sp³-hybridized carbons (Fsp3) is 0.227. The van der Waals surface area contributed by atoms with Gasteiger partial charge in [-0.15, -0.1) is 0 Å². The van der Waals surface area contributed by atoms with Crippen LogP contribution in [0.4, 0.5) is 0 Å². The first-order valence-corrected chi connectivity index (χ1v) is 9.37. The van der Waals surface area contributed by atoms with Gasteiger partial charge in [0.1, 0.15) is 11.5 Å². The number of nitrogens with one attached hydrogen (secondary N) is 1. The number of amides is 1. The van der Waals surface area contributed by atoms with Crippen LogP contribution in [0.3, 0.4) is 0 Å². The van der Waals surface area contributed by atoms with E-state index in [2.05, 4.69) is 15.5 Å². The average molecular weight is 373 g/mol. The van der Waals surface area contributed by atoms with Gasteiger partial charge in [0.2, 0.25) is 0 Å². The molecule has 3 heterocycles. The maximum atomic E-state index is 13.0. The van der Waals surface area contributed by atoms with Crippen molar-refractivity contribution in [2.24, 2.45) is 0 Å². The number of aryl methyl sites for hydroxylation is 1. The van der Waals surface area contributed by atoms with Gasteiger partial charge in [0.25, 0.3) is 11.6 Å². The van der Waals surface area contributed by atoms with Crippen LogP contribution in [0.15, 0.2) is 57.7 Å². The van der Waals surface area contributed by atoms with Crippen LogP contribution in [0.25, 0.3) is 22.4 Å². The minimum absolute atomic E-state index is 0.192. The summed E-state index contributed by atoms with van der Waals surface area (Å²) in [4.78, 5) is 17.7. The van der Waals surface area contributed by atoms with Crippen molar-refractivity contribution in [2.45, 2.75) is 32.2 Å². The van der Waals surface area contributed by atoms with E-state index < -0.39 is 0 Å². The molecule has 5 rings (SSSR count). The highest BCUT2D eigenvalue weighted by atomic mass is 16.5. The Morgan fingerprint density at radius 2 is 2.04 bits per heavy atom. The molecule has 0 radical (unpaired) electrons. The van der Waals surface area contributed by atoms with Crippen molar-refractivity contribution in [2.75, 3.05) is 0 Å². The van der Waals surface area contributed by atoms with Gasteiger partial charge in [-0.2, -0.15) is 0 Å². The molecule has 0 bridgehead atoms. The molecule has 1 amide bonds. The third-order valence-corrected chi connectivity index (χ3v) is 5.03. The van der Waals surface area contributed by atoms with Gasteiger partial charge in [-0.25, -0.2) is 4.98 Å². The fourth-order valence-electron chi connectivity index (χ4n) is 3.32. The topological polar surface area (TPSA) is 81.2 Å². The van der Waals surface area contributed by atoms with Crippen molar-refractivity contribution in [1.29, 1.82) is 0 Å². The molecule has 1 aliphatic carbocycles. The molecular weight excluding hydrogens is 354 g/mol. The average Bonchev–Trinajstić information content (AvgIpc) is 3.26. The molecule has 1 fully saturated rings. The van der Waals surface area contributed by atoms with Crippen molar-refractivity contribution in [3.8, 4) is 11.3 Å². The van der Waals surface area contributed by atoms with Crippen LogP contribution in [0, 0.1) is 6.92 Å². The van der Waals surface area contributed by atoms with E-state index in [-0.39, 0.29) is 5.91 Å². The summed E-state index contributed by atoms with van der Waals surface area (Å²) in [5.74, 6) is 0.904. The van der Waals surface area contributed by atoms with E-state index in [0.717, 1.165) is 29.7 Å². The Balaban J connectivity index is 1.59. The molecule has 1 saturated carbocycles. The number of nitrogens with zero attached hydrogens (tertiary/aromatic N) is 2. The van der Waals surface area contributed by atoms with E-state index in [4.69, 9.17) is 8.94 Å². The lowest BCUT2D eigenvalue weighted by Gasteiger charge is -2.08. The summed E-state index contributed by atoms with van der Waals surface area (Å²) in [6.45, 7) is 2.35. The molecule has 4 aromatic rings. The monoisotopic (exact) mass is 373 g/mol. The molecule has 6 heteroatoms. The number of carbonyl (C=O) groups is 1. The van der Waals surface area contributed by atoms with Crippen LogP contribution < -0.4 is 5.32 Å². The molecule has 28 heavy (non-hydrogen) atoms. The number of rotatable bonds is 5. The number of hydrogen-bond donors (Lipinski definition) is 1. The predicted octanol–water partition coefficient (Wildman–Crippen LogP) is 4.60. The summed E-state index contributed by atoms with van der Waals surface area (Å²) in [7, 11) is 0. The van der Waals surface area contributed by atoms with Crippen LogP contribution in [0.2, 0.25) is 0 Å². The normalized spacial score (nSPS) is 13.8. The third kappa shape index (κ3) is 3.07. The van der Waals surface area contributed by atoms with Crippen molar-refractivity contribution in [3.63, 3.8) is 0 Å². The Kier molecular flexibility index (Phi) is 3.97. The van der Waals surface area contributed by atoms with Gasteiger partial charge in [-0.05, 0) is 38.0 Å². The lowest BCUT2D eigenvalue weighted by molar-refractivity contribution is 0.0949. The van der Waals surface area contributed by atoms with Gasteiger partial charge in [0.15, 0.2) is 0 Å². The summed E-state index contributed by atoms with van der Waals surface area (Å²) < 4.78 is 10.8. The highest BCUT2D eigenvalue weighted by Crippen LogP contribution is 2.41. The summed E-state index contributed by atoms with van der Waals surface area (Å²) in [5.41, 5.74) is 4.51. The third-order valence-electron chi connectivity index (χ3n) is 5.03. The number of benzene rings is 1. The summed E-state index contributed by atoms with van der Waals surface area (Å²) >= 11 is 0. The molecule has 140 valence electrons. The number of pyridine rings is 1. The molecule has 0 atom stereocenters. The van der Waals surface area contributed by atoms with Gasteiger partial charge in [-0.1, -0.05) is 35.0 Å². The summed E-state index contributed by atoms with van der Waals surface area (Å²) in [6, 6.07) is 13.5. The minimum atomic E-state index is -0.192. The Hall–Kier alpha value is -3.41. The SMILES string of the molecule is Cc1ccc(-c2noc3nc(C4CC4)cc(C(=O)NCc4ccco4)c23)cc1. The molecule has 1 aliphatic rings. The molecular formula is C22H19N3O3. The maximum Gasteiger partial charge on any atom is 0.259 e. The molecule has 0 aliphatic heterocycles. The van der Waals surface area contributed by atoms with E-state index in [1.807, 2.05) is 43.3 Å². The van der Waals surface area contributed by atoms with E-state index in [9.17, 15) is 4.79 Å². The van der Waals surface area contributed by atoms with Crippen LogP contribution in [-0.2, 0) is 6.54 Å². The molecule has 1 aromatic carbocycles. The highest BCUT2D eigenvalue weighted by Gasteiger charge is 2.29. The van der Waals surface area contributed by atoms with E-state index in [0.29, 0.717) is 40.6 Å². The van der Waals surface area contributed by atoms with E-state index in [1.54, 1.807) is 12.3 Å². The van der Waals surface area contributed by atoms with E-state index >= 15 is 0 Å². The molecule has 3 aromatic heterocycles. The minimum Gasteiger partial charge on any atom is -0.467 e. The second-order valence-electron chi connectivity index (χ2n) is 7.21. The summed E-state index contributed by atoms with van der Waals surface area (Å²) in [6.07, 6.45) is 3.77. The largest absolute Gasteiger partial charge is 0.467 e. The number of aromatic nitrogens is 2. The Morgan fingerprint density at radius 1 is 1.21 bits per heavy atom. The van der Waals surface area contributed by atoms with Crippen molar-refractivity contribution < 1.29 is 13.7 Å². The lowest BCUT2D eigenvalue weighted by atomic mass is 10.0. The zero-order valence-electron chi connectivity index (χ0n) is 15.4. The predicted molar refractivity (Wildman–Crippen MR) is 104 cm³/mol. The van der Waals surface area contributed by atoms with E-state index in [1.165, 1.54) is 0 Å². The van der Waals surface area contributed by atoms with Crippen molar-refractivity contribution in [3.05, 3.63) is 71.3 Å². The number of furan rings is 1. The number of hydrogen-bond acceptors (Lipinski definition) is 5. The standard InChI is InChI=1S/C22H19N3O3/c1-13-4-6-15(7-5-13)20-19-17(21(26)23-12-16-3-2-10-27-16)11-18(14-8-9-14)24-22(19)28-25-20/h2-7,10-11,14H,8-9,12H2,1H3,(H,23,26). The quantitative estimate of drug-likeness (QED) is 0.553. The van der Waals surface area contributed by atoms with Crippen molar-refractivity contribution >= 4 is 17.0 Å². The molecule has 0 saturated heterocycles. The van der Waals surface area contributed by atoms with Gasteiger partial charge in [0, 0.05) is 17.2 Å². The fourth-order valence-corrected chi connectivity index (χ4v) is 3.32. The Labute approximate surface area is 161 Å². The maximum absolute atomic E-state index is 13.0.